The fourth-order valence-electron chi connectivity index (χ4n) is 1.87. The molecule has 0 aliphatic carbocycles. The highest BCUT2D eigenvalue weighted by atomic mass is 79.9. The van der Waals surface area contributed by atoms with E-state index in [1.54, 1.807) is 0 Å². The molecular weight excluding hydrogens is 310 g/mol. The van der Waals surface area contributed by atoms with Crippen LogP contribution in [0.1, 0.15) is 13.3 Å². The average Bonchev–Trinajstić information content (AvgIpc) is 2.49. The van der Waals surface area contributed by atoms with Gasteiger partial charge < -0.3 is 10.3 Å². The Morgan fingerprint density at radius 3 is 2.88 bits per heavy atom. The van der Waals surface area contributed by atoms with Crippen molar-refractivity contribution < 1.29 is 8.42 Å². The highest BCUT2D eigenvalue weighted by molar-refractivity contribution is 9.10. The zero-order valence-electron chi connectivity index (χ0n) is 9.16. The first kappa shape index (κ1) is 12.6. The first-order chi connectivity index (χ1) is 7.81. The maximum absolute atomic E-state index is 11.4. The summed E-state index contributed by atoms with van der Waals surface area (Å²) in [4.78, 5) is 17.8. The van der Waals surface area contributed by atoms with E-state index in [-0.39, 0.29) is 21.5 Å². The van der Waals surface area contributed by atoms with Crippen LogP contribution in [0.3, 0.4) is 0 Å². The quantitative estimate of drug-likeness (QED) is 0.828. The van der Waals surface area contributed by atoms with Crippen LogP contribution in [0, 0.1) is 0 Å². The van der Waals surface area contributed by atoms with Gasteiger partial charge in [-0.25, -0.2) is 13.4 Å². The number of aromatic nitrogens is 2. The lowest BCUT2D eigenvalue weighted by Crippen LogP contribution is -2.37. The Morgan fingerprint density at radius 2 is 2.29 bits per heavy atom. The van der Waals surface area contributed by atoms with E-state index in [4.69, 9.17) is 0 Å². The standard InChI is InChI=1S/C9H12BrN3O3S/c1-9(2-3-17(15,16)4-9)13-7-6(10)8(14)12-5-11-7/h5H,2-4H2,1H3,(H2,11,12,13,14). The summed E-state index contributed by atoms with van der Waals surface area (Å²) in [5.74, 6) is 0.589. The van der Waals surface area contributed by atoms with Crippen LogP contribution in [-0.4, -0.2) is 35.4 Å². The van der Waals surface area contributed by atoms with Crippen molar-refractivity contribution in [3.05, 3.63) is 21.2 Å². The molecular formula is C9H12BrN3O3S. The minimum absolute atomic E-state index is 0.0565. The zero-order chi connectivity index (χ0) is 12.7. The van der Waals surface area contributed by atoms with Gasteiger partial charge in [-0.05, 0) is 29.3 Å². The molecule has 2 heterocycles. The molecule has 1 aromatic heterocycles. The van der Waals surface area contributed by atoms with Crippen molar-refractivity contribution in [2.24, 2.45) is 0 Å². The van der Waals surface area contributed by atoms with E-state index in [1.165, 1.54) is 6.33 Å². The minimum Gasteiger partial charge on any atom is -0.363 e. The number of rotatable bonds is 2. The van der Waals surface area contributed by atoms with Gasteiger partial charge in [-0.2, -0.15) is 0 Å². The molecule has 1 aliphatic rings. The van der Waals surface area contributed by atoms with Crippen LogP contribution in [0.2, 0.25) is 0 Å². The van der Waals surface area contributed by atoms with Gasteiger partial charge in [0.05, 0.1) is 23.4 Å². The van der Waals surface area contributed by atoms with Gasteiger partial charge in [-0.1, -0.05) is 0 Å². The fourth-order valence-corrected chi connectivity index (χ4v) is 4.27. The summed E-state index contributed by atoms with van der Waals surface area (Å²) in [6, 6.07) is 0. The number of nitrogens with zero attached hydrogens (tertiary/aromatic N) is 1. The van der Waals surface area contributed by atoms with E-state index in [2.05, 4.69) is 31.2 Å². The summed E-state index contributed by atoms with van der Waals surface area (Å²) in [7, 11) is -2.99. The Bertz CT molecular complexity index is 598. The Hall–Kier alpha value is -0.890. The van der Waals surface area contributed by atoms with E-state index in [1.807, 2.05) is 6.92 Å². The van der Waals surface area contributed by atoms with Crippen LogP contribution in [0.4, 0.5) is 5.82 Å². The zero-order valence-corrected chi connectivity index (χ0v) is 11.6. The summed E-state index contributed by atoms with van der Waals surface area (Å²) in [6.07, 6.45) is 1.79. The van der Waals surface area contributed by atoms with Gasteiger partial charge in [-0.3, -0.25) is 4.79 Å². The number of sulfone groups is 1. The minimum atomic E-state index is -2.99. The van der Waals surface area contributed by atoms with Crippen molar-refractivity contribution in [2.45, 2.75) is 18.9 Å². The molecule has 8 heteroatoms. The molecule has 6 nitrogen and oxygen atoms in total. The molecule has 0 aromatic carbocycles. The predicted molar refractivity (Wildman–Crippen MR) is 67.9 cm³/mol. The highest BCUT2D eigenvalue weighted by Crippen LogP contribution is 2.28. The maximum atomic E-state index is 11.4. The van der Waals surface area contributed by atoms with Gasteiger partial charge in [-0.15, -0.1) is 0 Å². The lowest BCUT2D eigenvalue weighted by atomic mass is 10.0. The van der Waals surface area contributed by atoms with Crippen molar-refractivity contribution in [3.63, 3.8) is 0 Å². The first-order valence-electron chi connectivity index (χ1n) is 5.03. The number of anilines is 1. The number of halogens is 1. The van der Waals surface area contributed by atoms with Crippen molar-refractivity contribution in [2.75, 3.05) is 16.8 Å². The molecule has 2 N–H and O–H groups in total. The van der Waals surface area contributed by atoms with Gasteiger partial charge >= 0.3 is 0 Å². The molecule has 17 heavy (non-hydrogen) atoms. The van der Waals surface area contributed by atoms with Crippen LogP contribution in [0.15, 0.2) is 15.6 Å². The molecule has 1 aliphatic heterocycles. The van der Waals surface area contributed by atoms with E-state index < -0.39 is 15.4 Å². The second kappa shape index (κ2) is 4.09. The lowest BCUT2D eigenvalue weighted by Gasteiger charge is -2.24. The number of aromatic amines is 1. The summed E-state index contributed by atoms with van der Waals surface area (Å²) in [5, 5.41) is 3.02. The van der Waals surface area contributed by atoms with Gasteiger partial charge in [0.15, 0.2) is 9.84 Å². The van der Waals surface area contributed by atoms with Crippen LogP contribution in [-0.2, 0) is 9.84 Å². The van der Waals surface area contributed by atoms with Crippen LogP contribution < -0.4 is 10.9 Å². The number of hydrogen-bond acceptors (Lipinski definition) is 5. The molecule has 94 valence electrons. The Kier molecular flexibility index (Phi) is 3.03. The summed E-state index contributed by atoms with van der Waals surface area (Å²) >= 11 is 3.12. The van der Waals surface area contributed by atoms with Crippen molar-refractivity contribution in [1.29, 1.82) is 0 Å². The van der Waals surface area contributed by atoms with Gasteiger partial charge in [0.25, 0.3) is 5.56 Å². The average molecular weight is 322 g/mol. The maximum Gasteiger partial charge on any atom is 0.267 e. The SMILES string of the molecule is CC1(Nc2nc[nH]c(=O)c2Br)CCS(=O)(=O)C1. The van der Waals surface area contributed by atoms with E-state index in [0.717, 1.165) is 0 Å². The Balaban J connectivity index is 2.28. The summed E-state index contributed by atoms with van der Waals surface area (Å²) in [6.45, 7) is 1.81. The van der Waals surface area contributed by atoms with Crippen molar-refractivity contribution in [1.82, 2.24) is 9.97 Å². The fraction of sp³-hybridized carbons (Fsp3) is 0.556. The third-order valence-electron chi connectivity index (χ3n) is 2.72. The molecule has 0 amide bonds. The molecule has 1 aromatic rings. The monoisotopic (exact) mass is 321 g/mol. The predicted octanol–water partition coefficient (Wildman–Crippen LogP) is 0.521. The largest absolute Gasteiger partial charge is 0.363 e. The van der Waals surface area contributed by atoms with Crippen LogP contribution in [0.25, 0.3) is 0 Å². The second-order valence-corrected chi connectivity index (χ2v) is 7.40. The number of H-pyrrole nitrogens is 1. The van der Waals surface area contributed by atoms with Crippen molar-refractivity contribution in [3.8, 4) is 0 Å². The molecule has 1 atom stereocenters. The molecule has 1 fully saturated rings. The van der Waals surface area contributed by atoms with Gasteiger partial charge in [0, 0.05) is 0 Å². The Labute approximate surface area is 107 Å². The molecule has 1 unspecified atom stereocenters. The molecule has 2 rings (SSSR count). The molecule has 1 saturated heterocycles. The van der Waals surface area contributed by atoms with Gasteiger partial charge in [0.2, 0.25) is 0 Å². The first-order valence-corrected chi connectivity index (χ1v) is 7.65. The third-order valence-corrected chi connectivity index (χ3v) is 5.36. The number of nitrogens with one attached hydrogen (secondary N) is 2. The second-order valence-electron chi connectivity index (χ2n) is 4.42. The molecule has 0 spiro atoms. The van der Waals surface area contributed by atoms with Crippen LogP contribution in [0.5, 0.6) is 0 Å². The highest BCUT2D eigenvalue weighted by Gasteiger charge is 2.38. The smallest absolute Gasteiger partial charge is 0.267 e. The summed E-state index contributed by atoms with van der Waals surface area (Å²) in [5.41, 5.74) is -0.866. The third kappa shape index (κ3) is 2.68. The molecule has 0 radical (unpaired) electrons. The number of hydrogen-bond donors (Lipinski definition) is 2. The topological polar surface area (TPSA) is 91.9 Å². The Morgan fingerprint density at radius 1 is 1.59 bits per heavy atom. The van der Waals surface area contributed by atoms with E-state index in [9.17, 15) is 13.2 Å². The lowest BCUT2D eigenvalue weighted by molar-refractivity contribution is 0.571. The molecule has 0 bridgehead atoms. The van der Waals surface area contributed by atoms with E-state index >= 15 is 0 Å². The van der Waals surface area contributed by atoms with Gasteiger partial charge in [0.1, 0.15) is 10.3 Å². The van der Waals surface area contributed by atoms with E-state index in [0.29, 0.717) is 12.2 Å². The molecule has 0 saturated carbocycles. The van der Waals surface area contributed by atoms with Crippen LogP contribution >= 0.6 is 15.9 Å². The normalized spacial score (nSPS) is 26.9. The van der Waals surface area contributed by atoms with Crippen molar-refractivity contribution >= 4 is 31.6 Å². The summed E-state index contributed by atoms with van der Waals surface area (Å²) < 4.78 is 23.2.